The molecule has 0 fully saturated rings. The molecule has 27 heavy (non-hydrogen) atoms. The van der Waals surface area contributed by atoms with Crippen molar-refractivity contribution in [1.29, 1.82) is 0 Å². The molecule has 0 unspecified atom stereocenters. The second-order valence-electron chi connectivity index (χ2n) is 6.75. The van der Waals surface area contributed by atoms with Crippen LogP contribution in [0.1, 0.15) is 30.0 Å². The summed E-state index contributed by atoms with van der Waals surface area (Å²) in [6.45, 7) is 5.69. The van der Waals surface area contributed by atoms with Gasteiger partial charge in [-0.05, 0) is 74.7 Å². The first-order valence-electron chi connectivity index (χ1n) is 9.09. The van der Waals surface area contributed by atoms with E-state index in [0.717, 1.165) is 23.4 Å². The van der Waals surface area contributed by atoms with E-state index in [-0.39, 0.29) is 8.64 Å². The van der Waals surface area contributed by atoms with Crippen molar-refractivity contribution in [2.75, 3.05) is 7.11 Å². The highest BCUT2D eigenvalue weighted by Crippen LogP contribution is 2.26. The minimum Gasteiger partial charge on any atom is -0.497 e. The molecular weight excluding hydrogens is 334 g/mol. The third-order valence-electron chi connectivity index (χ3n) is 5.01. The van der Waals surface area contributed by atoms with Crippen LogP contribution in [0.2, 0.25) is 0 Å². The normalized spacial score (nSPS) is 13.3. The lowest BCUT2D eigenvalue weighted by molar-refractivity contribution is -0.113. The van der Waals surface area contributed by atoms with Crippen LogP contribution in [0.3, 0.4) is 0 Å². The smallest absolute Gasteiger partial charge is 0.156 e. The Morgan fingerprint density at radius 1 is 1.07 bits per heavy atom. The number of rotatable bonds is 3. The van der Waals surface area contributed by atoms with Crippen LogP contribution >= 0.6 is 0 Å². The van der Waals surface area contributed by atoms with Gasteiger partial charge in [-0.15, -0.1) is 0 Å². The van der Waals surface area contributed by atoms with Crippen molar-refractivity contribution in [2.45, 2.75) is 27.2 Å². The number of hydrogen-bond acceptors (Lipinski definition) is 2. The Hall–Kier alpha value is -3.07. The lowest BCUT2D eigenvalue weighted by atomic mass is 10.1. The SMILES string of the molecule is CC(=O)C1=C(C)C(C)=CC1.COc1ccc(-c2cc3ccccc3[nH]2)cc1.[HH].[HH]. The molecule has 1 aromatic heterocycles. The standard InChI is InChI=1S/C15H13NO.C9H12O.2H2/c1-17-13-8-6-11(7-9-13)15-10-12-4-2-3-5-14(12)16-15;1-6-4-5-9(7(6)2)8(3)10;;/h2-10,16H,1H3;4H,5H2,1-3H3;2*1H. The Balaban J connectivity index is 0.000000306. The fraction of sp³-hybridized carbons (Fsp3) is 0.208. The summed E-state index contributed by atoms with van der Waals surface area (Å²) < 4.78 is 5.15. The van der Waals surface area contributed by atoms with Gasteiger partial charge in [0.2, 0.25) is 0 Å². The third-order valence-corrected chi connectivity index (χ3v) is 5.01. The number of para-hydroxylation sites is 1. The highest BCUT2D eigenvalue weighted by Gasteiger charge is 2.13. The van der Waals surface area contributed by atoms with Crippen LogP contribution in [-0.2, 0) is 4.79 Å². The lowest BCUT2D eigenvalue weighted by Gasteiger charge is -2.01. The zero-order chi connectivity index (χ0) is 19.4. The number of nitrogens with one attached hydrogen (secondary N) is 1. The molecule has 0 aliphatic heterocycles. The van der Waals surface area contributed by atoms with E-state index in [9.17, 15) is 4.79 Å². The van der Waals surface area contributed by atoms with Gasteiger partial charge in [-0.25, -0.2) is 0 Å². The van der Waals surface area contributed by atoms with Crippen LogP contribution < -0.4 is 4.74 Å². The van der Waals surface area contributed by atoms with E-state index in [1.54, 1.807) is 14.0 Å². The number of ether oxygens (including phenoxy) is 1. The minimum absolute atomic E-state index is 0. The predicted octanol–water partition coefficient (Wildman–Crippen LogP) is 6.58. The summed E-state index contributed by atoms with van der Waals surface area (Å²) in [5.41, 5.74) is 6.88. The molecule has 1 heterocycles. The number of aromatic amines is 1. The van der Waals surface area contributed by atoms with Gasteiger partial charge < -0.3 is 9.72 Å². The summed E-state index contributed by atoms with van der Waals surface area (Å²) in [5.74, 6) is 1.09. The van der Waals surface area contributed by atoms with Gasteiger partial charge in [-0.1, -0.05) is 29.8 Å². The molecule has 0 saturated carbocycles. The second-order valence-corrected chi connectivity index (χ2v) is 6.75. The predicted molar refractivity (Wildman–Crippen MR) is 116 cm³/mol. The van der Waals surface area contributed by atoms with Gasteiger partial charge in [-0.2, -0.15) is 0 Å². The topological polar surface area (TPSA) is 42.1 Å². The average Bonchev–Trinajstić information content (AvgIpc) is 3.26. The first-order valence-corrected chi connectivity index (χ1v) is 9.09. The Morgan fingerprint density at radius 3 is 2.30 bits per heavy atom. The Bertz CT molecular complexity index is 997. The highest BCUT2D eigenvalue weighted by molar-refractivity contribution is 5.95. The molecule has 0 atom stereocenters. The van der Waals surface area contributed by atoms with Gasteiger partial charge in [-0.3, -0.25) is 4.79 Å². The van der Waals surface area contributed by atoms with Crippen molar-refractivity contribution in [3.8, 4) is 17.0 Å². The quantitative estimate of drug-likeness (QED) is 0.571. The monoisotopic (exact) mass is 363 g/mol. The van der Waals surface area contributed by atoms with Crippen molar-refractivity contribution in [1.82, 2.24) is 4.98 Å². The number of aromatic nitrogens is 1. The molecule has 1 aliphatic carbocycles. The largest absolute Gasteiger partial charge is 0.497 e. The molecule has 3 heteroatoms. The Kier molecular flexibility index (Phi) is 5.60. The number of allylic oxidation sites excluding steroid dienone is 4. The lowest BCUT2D eigenvalue weighted by Crippen LogP contribution is -1.94. The van der Waals surface area contributed by atoms with Gasteiger partial charge in [0.1, 0.15) is 5.75 Å². The summed E-state index contributed by atoms with van der Waals surface area (Å²) in [5, 5.41) is 1.23. The molecule has 3 nitrogen and oxygen atoms in total. The van der Waals surface area contributed by atoms with Crippen LogP contribution in [0.4, 0.5) is 0 Å². The molecule has 0 radical (unpaired) electrons. The first kappa shape index (κ1) is 18.7. The Morgan fingerprint density at radius 2 is 1.78 bits per heavy atom. The Labute approximate surface area is 163 Å². The van der Waals surface area contributed by atoms with E-state index < -0.39 is 0 Å². The van der Waals surface area contributed by atoms with Crippen LogP contribution in [0.5, 0.6) is 5.75 Å². The second kappa shape index (κ2) is 8.09. The maximum Gasteiger partial charge on any atom is 0.156 e. The summed E-state index contributed by atoms with van der Waals surface area (Å²) in [6, 6.07) is 18.5. The molecule has 142 valence electrons. The van der Waals surface area contributed by atoms with Crippen molar-refractivity contribution < 1.29 is 12.4 Å². The molecule has 1 N–H and O–H groups in total. The number of methoxy groups -OCH3 is 1. The van der Waals surface area contributed by atoms with Gasteiger partial charge in [0, 0.05) is 25.0 Å². The third kappa shape index (κ3) is 4.20. The van der Waals surface area contributed by atoms with Gasteiger partial charge in [0.05, 0.1) is 7.11 Å². The summed E-state index contributed by atoms with van der Waals surface area (Å²) in [7, 11) is 1.68. The number of hydrogen-bond donors (Lipinski definition) is 1. The molecule has 4 rings (SSSR count). The van der Waals surface area contributed by atoms with E-state index in [0.29, 0.717) is 0 Å². The van der Waals surface area contributed by atoms with Gasteiger partial charge >= 0.3 is 0 Å². The molecule has 1 aliphatic rings. The number of benzene rings is 2. The number of H-pyrrole nitrogens is 1. The van der Waals surface area contributed by atoms with Crippen LogP contribution in [0, 0.1) is 0 Å². The zero-order valence-electron chi connectivity index (χ0n) is 16.3. The van der Waals surface area contributed by atoms with E-state index >= 15 is 0 Å². The fourth-order valence-corrected chi connectivity index (χ4v) is 3.21. The fourth-order valence-electron chi connectivity index (χ4n) is 3.21. The molecular formula is C24H29NO2. The summed E-state index contributed by atoms with van der Waals surface area (Å²) in [6.07, 6.45) is 2.94. The van der Waals surface area contributed by atoms with Crippen molar-refractivity contribution >= 4 is 16.7 Å². The van der Waals surface area contributed by atoms with Gasteiger partial charge in [0.25, 0.3) is 0 Å². The number of ketones is 1. The van der Waals surface area contributed by atoms with Crippen molar-refractivity contribution in [2.24, 2.45) is 0 Å². The highest BCUT2D eigenvalue weighted by atomic mass is 16.5. The number of Topliss-reactive ketones (excluding diaryl/α,β-unsaturated/α-hetero) is 1. The molecule has 3 aromatic rings. The summed E-state index contributed by atoms with van der Waals surface area (Å²) >= 11 is 0. The maximum absolute atomic E-state index is 10.9. The van der Waals surface area contributed by atoms with Crippen molar-refractivity contribution in [3.05, 3.63) is 77.4 Å². The number of carbonyl (C=O) groups is 1. The first-order chi connectivity index (χ1) is 13.0. The van der Waals surface area contributed by atoms with E-state index in [4.69, 9.17) is 4.74 Å². The zero-order valence-corrected chi connectivity index (χ0v) is 16.3. The molecule has 0 bridgehead atoms. The van der Waals surface area contributed by atoms with E-state index in [2.05, 4.69) is 41.4 Å². The van der Waals surface area contributed by atoms with Crippen molar-refractivity contribution in [3.63, 3.8) is 0 Å². The minimum atomic E-state index is 0. The molecule has 0 saturated heterocycles. The van der Waals surface area contributed by atoms with Crippen LogP contribution in [0.15, 0.2) is 77.4 Å². The molecule has 0 spiro atoms. The van der Waals surface area contributed by atoms with Crippen LogP contribution in [0.25, 0.3) is 22.2 Å². The van der Waals surface area contributed by atoms with Gasteiger partial charge in [0.15, 0.2) is 5.78 Å². The van der Waals surface area contributed by atoms with Crippen LogP contribution in [-0.4, -0.2) is 17.9 Å². The summed E-state index contributed by atoms with van der Waals surface area (Å²) in [4.78, 5) is 14.3. The molecule has 0 amide bonds. The average molecular weight is 364 g/mol. The number of fused-ring (bicyclic) bond motifs is 1. The number of carbonyl (C=O) groups excluding carboxylic acids is 1. The van der Waals surface area contributed by atoms with E-state index in [1.165, 1.54) is 27.6 Å². The van der Waals surface area contributed by atoms with E-state index in [1.807, 2.05) is 38.1 Å². The maximum atomic E-state index is 10.9. The molecule has 2 aromatic carbocycles.